The van der Waals surface area contributed by atoms with Crippen LogP contribution in [-0.4, -0.2) is 39.3 Å². The maximum atomic E-state index is 12.2. The molecular formula is C17H29N3O2S. The Kier molecular flexibility index (Phi) is 8.09. The third kappa shape index (κ3) is 7.03. The minimum atomic E-state index is -3.22. The van der Waals surface area contributed by atoms with Crippen molar-refractivity contribution >= 4 is 15.8 Å². The molecule has 5 nitrogen and oxygen atoms in total. The number of hydrogen-bond donors (Lipinski definition) is 2. The molecule has 0 amide bonds. The second-order valence-corrected chi connectivity index (χ2v) is 8.03. The van der Waals surface area contributed by atoms with Crippen LogP contribution >= 0.6 is 0 Å². The van der Waals surface area contributed by atoms with E-state index in [1.807, 2.05) is 13.0 Å². The Balaban J connectivity index is 2.55. The molecule has 1 atom stereocenters. The van der Waals surface area contributed by atoms with Gasteiger partial charge in [0, 0.05) is 19.1 Å². The zero-order chi connectivity index (χ0) is 17.3. The van der Waals surface area contributed by atoms with E-state index >= 15 is 0 Å². The lowest BCUT2D eigenvalue weighted by Crippen LogP contribution is -2.44. The summed E-state index contributed by atoms with van der Waals surface area (Å²) < 4.78 is 24.4. The van der Waals surface area contributed by atoms with E-state index in [1.54, 1.807) is 24.3 Å². The van der Waals surface area contributed by atoms with Crippen molar-refractivity contribution < 1.29 is 8.42 Å². The first-order valence-electron chi connectivity index (χ1n) is 8.19. The predicted molar refractivity (Wildman–Crippen MR) is 96.5 cm³/mol. The number of rotatable bonds is 8. The van der Waals surface area contributed by atoms with Crippen LogP contribution in [0.4, 0.5) is 0 Å². The number of aliphatic imine (C=N–C) groups is 1. The quantitative estimate of drug-likeness (QED) is 0.434. The highest BCUT2D eigenvalue weighted by molar-refractivity contribution is 7.91. The molecule has 0 aliphatic rings. The maximum absolute atomic E-state index is 12.2. The number of sulfone groups is 1. The Morgan fingerprint density at radius 3 is 2.39 bits per heavy atom. The lowest BCUT2D eigenvalue weighted by Gasteiger charge is -2.20. The molecule has 1 aromatic carbocycles. The van der Waals surface area contributed by atoms with Gasteiger partial charge in [0.2, 0.25) is 0 Å². The Bertz CT molecular complexity index is 583. The first kappa shape index (κ1) is 19.5. The van der Waals surface area contributed by atoms with Crippen molar-refractivity contribution in [1.82, 2.24) is 10.6 Å². The first-order valence-corrected chi connectivity index (χ1v) is 9.84. The number of benzene rings is 1. The van der Waals surface area contributed by atoms with Crippen LogP contribution in [0.1, 0.15) is 34.1 Å². The molecule has 130 valence electrons. The van der Waals surface area contributed by atoms with Crippen molar-refractivity contribution in [2.75, 3.05) is 18.8 Å². The molecule has 0 saturated heterocycles. The van der Waals surface area contributed by atoms with Crippen LogP contribution in [0.15, 0.2) is 40.2 Å². The van der Waals surface area contributed by atoms with E-state index in [0.29, 0.717) is 29.8 Å². The van der Waals surface area contributed by atoms with E-state index < -0.39 is 9.84 Å². The zero-order valence-electron chi connectivity index (χ0n) is 14.5. The van der Waals surface area contributed by atoms with E-state index in [4.69, 9.17) is 0 Å². The summed E-state index contributed by atoms with van der Waals surface area (Å²) >= 11 is 0. The van der Waals surface area contributed by atoms with Gasteiger partial charge >= 0.3 is 0 Å². The van der Waals surface area contributed by atoms with E-state index in [-0.39, 0.29) is 5.75 Å². The third-order valence-corrected chi connectivity index (χ3v) is 5.47. The highest BCUT2D eigenvalue weighted by atomic mass is 32.2. The Labute approximate surface area is 140 Å². The molecule has 6 heteroatoms. The van der Waals surface area contributed by atoms with Gasteiger partial charge in [-0.3, -0.25) is 4.99 Å². The molecular weight excluding hydrogens is 310 g/mol. The predicted octanol–water partition coefficient (Wildman–Crippen LogP) is 2.45. The first-order chi connectivity index (χ1) is 10.9. The van der Waals surface area contributed by atoms with Crippen molar-refractivity contribution in [1.29, 1.82) is 0 Å². The third-order valence-electron chi connectivity index (χ3n) is 3.65. The van der Waals surface area contributed by atoms with Gasteiger partial charge in [-0.15, -0.1) is 0 Å². The zero-order valence-corrected chi connectivity index (χ0v) is 15.4. The van der Waals surface area contributed by atoms with Crippen LogP contribution in [0.5, 0.6) is 0 Å². The molecule has 1 rings (SSSR count). The second kappa shape index (κ2) is 9.55. The summed E-state index contributed by atoms with van der Waals surface area (Å²) in [5.41, 5.74) is 0. The standard InChI is InChI=1S/C17H29N3O2S/c1-5-18-17(20-15(4)14(2)3)19-12-9-13-23(21,22)16-10-7-6-8-11-16/h6-8,10-11,14-15H,5,9,12-13H2,1-4H3,(H2,18,19,20). The van der Waals surface area contributed by atoms with Crippen molar-refractivity contribution in [3.05, 3.63) is 30.3 Å². The Hall–Kier alpha value is -1.56. The minimum absolute atomic E-state index is 0.111. The summed E-state index contributed by atoms with van der Waals surface area (Å²) in [6, 6.07) is 8.87. The molecule has 0 bridgehead atoms. The summed E-state index contributed by atoms with van der Waals surface area (Å²) in [6.07, 6.45) is 0.504. The fourth-order valence-electron chi connectivity index (χ4n) is 1.89. The van der Waals surface area contributed by atoms with Crippen LogP contribution in [0.2, 0.25) is 0 Å². The summed E-state index contributed by atoms with van der Waals surface area (Å²) in [6.45, 7) is 9.67. The highest BCUT2D eigenvalue weighted by Gasteiger charge is 2.13. The lowest BCUT2D eigenvalue weighted by atomic mass is 10.1. The van der Waals surface area contributed by atoms with Crippen molar-refractivity contribution in [2.45, 2.75) is 45.1 Å². The summed E-state index contributed by atoms with van der Waals surface area (Å²) in [5.74, 6) is 1.35. The summed E-state index contributed by atoms with van der Waals surface area (Å²) in [7, 11) is -3.22. The molecule has 0 saturated carbocycles. The smallest absolute Gasteiger partial charge is 0.191 e. The molecule has 0 radical (unpaired) electrons. The van der Waals surface area contributed by atoms with E-state index in [1.165, 1.54) is 0 Å². The van der Waals surface area contributed by atoms with E-state index in [0.717, 1.165) is 12.5 Å². The van der Waals surface area contributed by atoms with E-state index in [9.17, 15) is 8.42 Å². The summed E-state index contributed by atoms with van der Waals surface area (Å²) in [5, 5.41) is 6.52. The van der Waals surface area contributed by atoms with Crippen LogP contribution in [0, 0.1) is 5.92 Å². The molecule has 0 fully saturated rings. The topological polar surface area (TPSA) is 70.6 Å². The molecule has 0 aliphatic heterocycles. The number of hydrogen-bond acceptors (Lipinski definition) is 3. The van der Waals surface area contributed by atoms with Gasteiger partial charge in [0.25, 0.3) is 0 Å². The van der Waals surface area contributed by atoms with Crippen LogP contribution in [0.3, 0.4) is 0 Å². The minimum Gasteiger partial charge on any atom is -0.357 e. The fourth-order valence-corrected chi connectivity index (χ4v) is 3.21. The van der Waals surface area contributed by atoms with Gasteiger partial charge in [-0.05, 0) is 38.3 Å². The normalized spacial score (nSPS) is 13.9. The number of nitrogens with one attached hydrogen (secondary N) is 2. The maximum Gasteiger partial charge on any atom is 0.191 e. The van der Waals surface area contributed by atoms with Crippen molar-refractivity contribution in [2.24, 2.45) is 10.9 Å². The van der Waals surface area contributed by atoms with Gasteiger partial charge in [0.05, 0.1) is 10.6 Å². The monoisotopic (exact) mass is 339 g/mol. The molecule has 1 unspecified atom stereocenters. The number of nitrogens with zero attached hydrogens (tertiary/aromatic N) is 1. The van der Waals surface area contributed by atoms with Gasteiger partial charge in [-0.1, -0.05) is 32.0 Å². The molecule has 1 aromatic rings. The van der Waals surface area contributed by atoms with Crippen LogP contribution in [0.25, 0.3) is 0 Å². The van der Waals surface area contributed by atoms with Gasteiger partial charge in [0.15, 0.2) is 15.8 Å². The van der Waals surface area contributed by atoms with Crippen LogP contribution in [-0.2, 0) is 9.84 Å². The van der Waals surface area contributed by atoms with Gasteiger partial charge in [-0.25, -0.2) is 8.42 Å². The SMILES string of the molecule is CCNC(=NCCCS(=O)(=O)c1ccccc1)NC(C)C(C)C. The average molecular weight is 340 g/mol. The van der Waals surface area contributed by atoms with Gasteiger partial charge in [-0.2, -0.15) is 0 Å². The average Bonchev–Trinajstić information content (AvgIpc) is 2.52. The van der Waals surface area contributed by atoms with Gasteiger partial charge < -0.3 is 10.6 Å². The van der Waals surface area contributed by atoms with Crippen molar-refractivity contribution in [3.63, 3.8) is 0 Å². The largest absolute Gasteiger partial charge is 0.357 e. The Morgan fingerprint density at radius 2 is 1.83 bits per heavy atom. The highest BCUT2D eigenvalue weighted by Crippen LogP contribution is 2.11. The lowest BCUT2D eigenvalue weighted by molar-refractivity contribution is 0.481. The summed E-state index contributed by atoms with van der Waals surface area (Å²) in [4.78, 5) is 4.84. The molecule has 0 aliphatic carbocycles. The molecule has 0 aromatic heterocycles. The van der Waals surface area contributed by atoms with Crippen LogP contribution < -0.4 is 10.6 Å². The fraction of sp³-hybridized carbons (Fsp3) is 0.588. The van der Waals surface area contributed by atoms with Gasteiger partial charge in [0.1, 0.15) is 0 Å². The molecule has 2 N–H and O–H groups in total. The Morgan fingerprint density at radius 1 is 1.17 bits per heavy atom. The van der Waals surface area contributed by atoms with E-state index in [2.05, 4.69) is 36.4 Å². The number of guanidine groups is 1. The molecule has 0 heterocycles. The van der Waals surface area contributed by atoms with Crippen molar-refractivity contribution in [3.8, 4) is 0 Å². The second-order valence-electron chi connectivity index (χ2n) is 5.92. The molecule has 0 spiro atoms. The molecule has 23 heavy (non-hydrogen) atoms.